The maximum absolute atomic E-state index is 5.32. The molecule has 0 amide bonds. The number of ether oxygens (including phenoxy) is 2. The van der Waals surface area contributed by atoms with Crippen LogP contribution in [-0.2, 0) is 6.42 Å². The zero-order valence-electron chi connectivity index (χ0n) is 14.4. The number of benzene rings is 1. The van der Waals surface area contributed by atoms with Gasteiger partial charge in [-0.1, -0.05) is 19.9 Å². The summed E-state index contributed by atoms with van der Waals surface area (Å²) in [5, 5.41) is 6.65. The van der Waals surface area contributed by atoms with E-state index in [9.17, 15) is 0 Å². The molecular formula is C17H29N3O2. The van der Waals surface area contributed by atoms with Crippen LogP contribution in [0.4, 0.5) is 0 Å². The van der Waals surface area contributed by atoms with Crippen molar-refractivity contribution in [3.05, 3.63) is 23.8 Å². The Morgan fingerprint density at radius 2 is 1.77 bits per heavy atom. The first-order valence-corrected chi connectivity index (χ1v) is 7.76. The number of aliphatic imine (C=N–C) groups is 1. The third kappa shape index (κ3) is 6.24. The fourth-order valence-electron chi connectivity index (χ4n) is 2.06. The van der Waals surface area contributed by atoms with Crippen LogP contribution in [0, 0.1) is 5.92 Å². The van der Waals surface area contributed by atoms with Crippen molar-refractivity contribution in [2.75, 3.05) is 34.4 Å². The molecule has 0 aromatic heterocycles. The zero-order valence-corrected chi connectivity index (χ0v) is 14.4. The molecule has 5 heteroatoms. The molecule has 0 spiro atoms. The van der Waals surface area contributed by atoms with Crippen molar-refractivity contribution < 1.29 is 9.47 Å². The summed E-state index contributed by atoms with van der Waals surface area (Å²) in [5.41, 5.74) is 1.20. The third-order valence-electron chi connectivity index (χ3n) is 3.39. The molecule has 2 N–H and O–H groups in total. The van der Waals surface area contributed by atoms with Crippen LogP contribution in [0.2, 0.25) is 0 Å². The molecule has 0 bridgehead atoms. The van der Waals surface area contributed by atoms with Gasteiger partial charge in [-0.25, -0.2) is 0 Å². The van der Waals surface area contributed by atoms with Gasteiger partial charge >= 0.3 is 0 Å². The quantitative estimate of drug-likeness (QED) is 0.572. The number of hydrogen-bond acceptors (Lipinski definition) is 3. The van der Waals surface area contributed by atoms with Crippen LogP contribution >= 0.6 is 0 Å². The maximum Gasteiger partial charge on any atom is 0.190 e. The van der Waals surface area contributed by atoms with E-state index in [0.717, 1.165) is 43.4 Å². The van der Waals surface area contributed by atoms with Crippen molar-refractivity contribution in [1.29, 1.82) is 0 Å². The molecule has 0 heterocycles. The van der Waals surface area contributed by atoms with Gasteiger partial charge in [0.05, 0.1) is 14.2 Å². The summed E-state index contributed by atoms with van der Waals surface area (Å²) < 4.78 is 10.6. The Morgan fingerprint density at radius 1 is 1.09 bits per heavy atom. The second kappa shape index (κ2) is 9.92. The van der Waals surface area contributed by atoms with Gasteiger partial charge < -0.3 is 20.1 Å². The topological polar surface area (TPSA) is 54.9 Å². The second-order valence-electron chi connectivity index (χ2n) is 5.55. The Bertz CT molecular complexity index is 473. The highest BCUT2D eigenvalue weighted by Gasteiger charge is 2.05. The SMILES string of the molecule is CN=C(NCCc1ccc(OC)c(OC)c1)NCCC(C)C. The van der Waals surface area contributed by atoms with E-state index >= 15 is 0 Å². The van der Waals surface area contributed by atoms with Gasteiger partial charge in [-0.05, 0) is 36.5 Å². The number of nitrogens with zero attached hydrogens (tertiary/aromatic N) is 1. The van der Waals surface area contributed by atoms with Gasteiger partial charge in [0.2, 0.25) is 0 Å². The standard InChI is InChI=1S/C17H29N3O2/c1-13(2)8-10-19-17(18-3)20-11-9-14-6-7-15(21-4)16(12-14)22-5/h6-7,12-13H,8-11H2,1-5H3,(H2,18,19,20). The van der Waals surface area contributed by atoms with Gasteiger partial charge in [0.25, 0.3) is 0 Å². The first kappa shape index (κ1) is 18.1. The van der Waals surface area contributed by atoms with E-state index in [4.69, 9.17) is 9.47 Å². The second-order valence-corrected chi connectivity index (χ2v) is 5.55. The van der Waals surface area contributed by atoms with Gasteiger partial charge in [-0.2, -0.15) is 0 Å². The molecule has 0 aliphatic heterocycles. The van der Waals surface area contributed by atoms with Gasteiger partial charge in [0.1, 0.15) is 0 Å². The number of nitrogens with one attached hydrogen (secondary N) is 2. The van der Waals surface area contributed by atoms with Gasteiger partial charge in [-0.15, -0.1) is 0 Å². The predicted octanol–water partition coefficient (Wildman–Crippen LogP) is 2.46. The van der Waals surface area contributed by atoms with E-state index in [1.165, 1.54) is 5.56 Å². The molecule has 0 saturated heterocycles. The monoisotopic (exact) mass is 307 g/mol. The lowest BCUT2D eigenvalue weighted by Gasteiger charge is -2.13. The average Bonchev–Trinajstić information content (AvgIpc) is 2.52. The Labute approximate surface area is 134 Å². The fourth-order valence-corrected chi connectivity index (χ4v) is 2.06. The van der Waals surface area contributed by atoms with Crippen molar-refractivity contribution in [3.63, 3.8) is 0 Å². The Kier molecular flexibility index (Phi) is 8.18. The Hall–Kier alpha value is -1.91. The number of guanidine groups is 1. The molecule has 0 unspecified atom stereocenters. The van der Waals surface area contributed by atoms with E-state index < -0.39 is 0 Å². The first-order valence-electron chi connectivity index (χ1n) is 7.76. The number of methoxy groups -OCH3 is 2. The largest absolute Gasteiger partial charge is 0.493 e. The van der Waals surface area contributed by atoms with Crippen molar-refractivity contribution in [2.45, 2.75) is 26.7 Å². The van der Waals surface area contributed by atoms with E-state index in [0.29, 0.717) is 5.92 Å². The first-order chi connectivity index (χ1) is 10.6. The summed E-state index contributed by atoms with van der Waals surface area (Å²) in [6.07, 6.45) is 2.03. The highest BCUT2D eigenvalue weighted by Crippen LogP contribution is 2.27. The Morgan fingerprint density at radius 3 is 2.36 bits per heavy atom. The van der Waals surface area contributed by atoms with E-state index in [2.05, 4.69) is 35.5 Å². The minimum atomic E-state index is 0.692. The molecule has 0 saturated carbocycles. The highest BCUT2D eigenvalue weighted by molar-refractivity contribution is 5.79. The lowest BCUT2D eigenvalue weighted by molar-refractivity contribution is 0.354. The van der Waals surface area contributed by atoms with Crippen LogP contribution in [-0.4, -0.2) is 40.3 Å². The number of rotatable bonds is 8. The van der Waals surface area contributed by atoms with E-state index in [-0.39, 0.29) is 0 Å². The summed E-state index contributed by atoms with van der Waals surface area (Å²) >= 11 is 0. The summed E-state index contributed by atoms with van der Waals surface area (Å²) in [6.45, 7) is 6.19. The smallest absolute Gasteiger partial charge is 0.190 e. The lowest BCUT2D eigenvalue weighted by Crippen LogP contribution is -2.39. The molecule has 1 rings (SSSR count). The molecule has 22 heavy (non-hydrogen) atoms. The summed E-state index contributed by atoms with van der Waals surface area (Å²) in [6, 6.07) is 6.00. The Balaban J connectivity index is 2.42. The summed E-state index contributed by atoms with van der Waals surface area (Å²) in [5.74, 6) is 3.06. The van der Waals surface area contributed by atoms with Crippen molar-refractivity contribution in [1.82, 2.24) is 10.6 Å². The van der Waals surface area contributed by atoms with Crippen LogP contribution in [0.1, 0.15) is 25.8 Å². The normalized spacial score (nSPS) is 11.5. The van der Waals surface area contributed by atoms with Crippen LogP contribution < -0.4 is 20.1 Å². The predicted molar refractivity (Wildman–Crippen MR) is 92.1 cm³/mol. The molecule has 0 radical (unpaired) electrons. The molecule has 1 aromatic rings. The van der Waals surface area contributed by atoms with Gasteiger partial charge in [-0.3, -0.25) is 4.99 Å². The van der Waals surface area contributed by atoms with Crippen LogP contribution in [0.3, 0.4) is 0 Å². The van der Waals surface area contributed by atoms with E-state index in [1.54, 1.807) is 21.3 Å². The molecule has 0 aliphatic rings. The average molecular weight is 307 g/mol. The van der Waals surface area contributed by atoms with Gasteiger partial charge in [0, 0.05) is 20.1 Å². The zero-order chi connectivity index (χ0) is 16.4. The molecule has 0 fully saturated rings. The lowest BCUT2D eigenvalue weighted by atomic mass is 10.1. The molecule has 124 valence electrons. The van der Waals surface area contributed by atoms with Crippen LogP contribution in [0.5, 0.6) is 11.5 Å². The fraction of sp³-hybridized carbons (Fsp3) is 0.588. The van der Waals surface area contributed by atoms with Crippen LogP contribution in [0.25, 0.3) is 0 Å². The van der Waals surface area contributed by atoms with Crippen molar-refractivity contribution in [3.8, 4) is 11.5 Å². The minimum absolute atomic E-state index is 0.692. The van der Waals surface area contributed by atoms with Crippen molar-refractivity contribution >= 4 is 5.96 Å². The highest BCUT2D eigenvalue weighted by atomic mass is 16.5. The maximum atomic E-state index is 5.32. The molecule has 0 aliphatic carbocycles. The molecule has 0 atom stereocenters. The number of hydrogen-bond donors (Lipinski definition) is 2. The van der Waals surface area contributed by atoms with Crippen LogP contribution in [0.15, 0.2) is 23.2 Å². The van der Waals surface area contributed by atoms with E-state index in [1.807, 2.05) is 12.1 Å². The molecular weight excluding hydrogens is 278 g/mol. The van der Waals surface area contributed by atoms with Crippen molar-refractivity contribution in [2.24, 2.45) is 10.9 Å². The third-order valence-corrected chi connectivity index (χ3v) is 3.39. The summed E-state index contributed by atoms with van der Waals surface area (Å²) in [4.78, 5) is 4.23. The molecule has 1 aromatic carbocycles. The summed E-state index contributed by atoms with van der Waals surface area (Å²) in [7, 11) is 5.09. The molecule has 5 nitrogen and oxygen atoms in total. The minimum Gasteiger partial charge on any atom is -0.493 e. The van der Waals surface area contributed by atoms with Gasteiger partial charge in [0.15, 0.2) is 17.5 Å².